The molecule has 0 fully saturated rings. The van der Waals surface area contributed by atoms with Gasteiger partial charge in [-0.1, -0.05) is 42.5 Å². The first-order valence-corrected chi connectivity index (χ1v) is 11.8. The Morgan fingerprint density at radius 1 is 0.972 bits per heavy atom. The highest BCUT2D eigenvalue weighted by molar-refractivity contribution is 6.08. The molecule has 0 radical (unpaired) electrons. The summed E-state index contributed by atoms with van der Waals surface area (Å²) in [6, 6.07) is 21.9. The Bertz CT molecular complexity index is 1420. The summed E-state index contributed by atoms with van der Waals surface area (Å²) >= 11 is 0. The average molecular weight is 486 g/mol. The summed E-state index contributed by atoms with van der Waals surface area (Å²) in [5.41, 5.74) is 3.06. The quantitative estimate of drug-likeness (QED) is 0.286. The zero-order valence-electron chi connectivity index (χ0n) is 20.4. The fourth-order valence-corrected chi connectivity index (χ4v) is 4.81. The number of carbonyl (C=O) groups is 2. The van der Waals surface area contributed by atoms with Crippen molar-refractivity contribution in [3.05, 3.63) is 83.9 Å². The van der Waals surface area contributed by atoms with Crippen LogP contribution in [0.4, 0.5) is 5.95 Å². The first kappa shape index (κ1) is 23.4. The van der Waals surface area contributed by atoms with E-state index >= 15 is 0 Å². The summed E-state index contributed by atoms with van der Waals surface area (Å²) in [5, 5.41) is 0. The minimum atomic E-state index is -1.15. The van der Waals surface area contributed by atoms with Crippen molar-refractivity contribution in [2.45, 2.75) is 19.5 Å². The number of ether oxygens (including phenoxy) is 3. The molecule has 4 aromatic rings. The third-order valence-electron chi connectivity index (χ3n) is 6.42. The number of hydrogen-bond donors (Lipinski definition) is 0. The second-order valence-electron chi connectivity index (χ2n) is 8.46. The standard InChI is InChI=1S/C28H27N3O5/c1-4-36-27(33)24-25(20-16-19(34-2)14-15-23(20)35-3)31-22-13-9-8-12-21(22)29-28(31)30(26(24)32)17-18-10-6-5-7-11-18/h5-16,24-25H,4,17H2,1-3H3/t24-,25+/m1/s1. The molecule has 0 saturated heterocycles. The molecule has 8 heteroatoms. The number of aromatic nitrogens is 2. The van der Waals surface area contributed by atoms with Gasteiger partial charge in [-0.15, -0.1) is 0 Å². The molecule has 0 aliphatic carbocycles. The fraction of sp³-hybridized carbons (Fsp3) is 0.250. The Labute approximate surface area is 209 Å². The van der Waals surface area contributed by atoms with E-state index in [0.717, 1.165) is 16.6 Å². The van der Waals surface area contributed by atoms with Crippen LogP contribution in [0.25, 0.3) is 11.0 Å². The van der Waals surface area contributed by atoms with Crippen molar-refractivity contribution in [2.75, 3.05) is 25.7 Å². The van der Waals surface area contributed by atoms with E-state index in [2.05, 4.69) is 0 Å². The van der Waals surface area contributed by atoms with Gasteiger partial charge in [0.2, 0.25) is 11.9 Å². The molecule has 1 aliphatic rings. The van der Waals surface area contributed by atoms with Crippen molar-refractivity contribution in [2.24, 2.45) is 5.92 Å². The number of anilines is 1. The molecule has 1 aliphatic heterocycles. The Morgan fingerprint density at radius 3 is 2.44 bits per heavy atom. The molecule has 184 valence electrons. The first-order chi connectivity index (χ1) is 17.6. The van der Waals surface area contributed by atoms with Gasteiger partial charge in [0.1, 0.15) is 11.5 Å². The topological polar surface area (TPSA) is 82.9 Å². The minimum absolute atomic E-state index is 0.154. The number of rotatable bonds is 7. The molecule has 0 unspecified atom stereocenters. The summed E-state index contributed by atoms with van der Waals surface area (Å²) < 4.78 is 18.5. The SMILES string of the molecule is CCOC(=O)[C@H]1C(=O)N(Cc2ccccc2)c2nc3ccccc3n2[C@H]1c1cc(OC)ccc1OC. The molecule has 3 aromatic carbocycles. The van der Waals surface area contributed by atoms with Crippen LogP contribution >= 0.6 is 0 Å². The molecule has 2 atom stereocenters. The van der Waals surface area contributed by atoms with Crippen LogP contribution in [0, 0.1) is 5.92 Å². The lowest BCUT2D eigenvalue weighted by molar-refractivity contribution is -0.153. The maximum Gasteiger partial charge on any atom is 0.321 e. The second-order valence-corrected chi connectivity index (χ2v) is 8.46. The van der Waals surface area contributed by atoms with Gasteiger partial charge in [0.25, 0.3) is 0 Å². The molecule has 0 bridgehead atoms. The van der Waals surface area contributed by atoms with Gasteiger partial charge < -0.3 is 18.8 Å². The Morgan fingerprint density at radius 2 is 1.72 bits per heavy atom. The second kappa shape index (κ2) is 9.73. The smallest absolute Gasteiger partial charge is 0.321 e. The van der Waals surface area contributed by atoms with Gasteiger partial charge in [-0.25, -0.2) is 4.98 Å². The number of carbonyl (C=O) groups excluding carboxylic acids is 2. The number of para-hydroxylation sites is 2. The molecule has 0 N–H and O–H groups in total. The number of esters is 1. The van der Waals surface area contributed by atoms with E-state index in [1.165, 1.54) is 0 Å². The van der Waals surface area contributed by atoms with Crippen molar-refractivity contribution in [3.63, 3.8) is 0 Å². The zero-order chi connectivity index (χ0) is 25.2. The van der Waals surface area contributed by atoms with Gasteiger partial charge in [0.15, 0.2) is 5.92 Å². The van der Waals surface area contributed by atoms with Crippen LogP contribution in [0.1, 0.15) is 24.1 Å². The zero-order valence-corrected chi connectivity index (χ0v) is 20.4. The molecule has 5 rings (SSSR count). The highest BCUT2D eigenvalue weighted by Crippen LogP contribution is 2.45. The molecule has 0 saturated carbocycles. The molecular formula is C28H27N3O5. The molecular weight excluding hydrogens is 458 g/mol. The lowest BCUT2D eigenvalue weighted by Gasteiger charge is -2.38. The normalized spacial score (nSPS) is 17.1. The molecule has 2 heterocycles. The lowest BCUT2D eigenvalue weighted by Crippen LogP contribution is -2.49. The van der Waals surface area contributed by atoms with E-state index in [4.69, 9.17) is 19.2 Å². The number of nitrogens with zero attached hydrogens (tertiary/aromatic N) is 3. The van der Waals surface area contributed by atoms with Crippen LogP contribution in [0.3, 0.4) is 0 Å². The van der Waals surface area contributed by atoms with Crippen LogP contribution in [-0.4, -0.2) is 42.3 Å². The van der Waals surface area contributed by atoms with Crippen LogP contribution in [0.5, 0.6) is 11.5 Å². The van der Waals surface area contributed by atoms with Gasteiger partial charge in [0.05, 0.1) is 44.4 Å². The van der Waals surface area contributed by atoms with E-state index in [9.17, 15) is 9.59 Å². The van der Waals surface area contributed by atoms with Gasteiger partial charge in [-0.05, 0) is 42.8 Å². The van der Waals surface area contributed by atoms with E-state index in [1.807, 2.05) is 59.2 Å². The van der Waals surface area contributed by atoms with Crippen molar-refractivity contribution in [3.8, 4) is 11.5 Å². The van der Waals surface area contributed by atoms with Crippen molar-refractivity contribution >= 4 is 28.9 Å². The van der Waals surface area contributed by atoms with Crippen LogP contribution < -0.4 is 14.4 Å². The van der Waals surface area contributed by atoms with Gasteiger partial charge in [-0.2, -0.15) is 0 Å². The minimum Gasteiger partial charge on any atom is -0.497 e. The molecule has 8 nitrogen and oxygen atoms in total. The third-order valence-corrected chi connectivity index (χ3v) is 6.42. The Balaban J connectivity index is 1.79. The molecule has 0 spiro atoms. The van der Waals surface area contributed by atoms with E-state index < -0.39 is 17.9 Å². The molecule has 1 amide bonds. The van der Waals surface area contributed by atoms with Crippen molar-refractivity contribution in [1.82, 2.24) is 9.55 Å². The largest absolute Gasteiger partial charge is 0.497 e. The van der Waals surface area contributed by atoms with Crippen LogP contribution in [0.2, 0.25) is 0 Å². The highest BCUT2D eigenvalue weighted by Gasteiger charge is 2.48. The predicted molar refractivity (Wildman–Crippen MR) is 135 cm³/mol. The van der Waals surface area contributed by atoms with Gasteiger partial charge in [-0.3, -0.25) is 14.5 Å². The van der Waals surface area contributed by atoms with Gasteiger partial charge >= 0.3 is 5.97 Å². The average Bonchev–Trinajstić information content (AvgIpc) is 3.29. The van der Waals surface area contributed by atoms with Gasteiger partial charge in [0, 0.05) is 5.56 Å². The summed E-state index contributed by atoms with van der Waals surface area (Å²) in [6.45, 7) is 2.15. The number of amides is 1. The van der Waals surface area contributed by atoms with Crippen molar-refractivity contribution in [1.29, 1.82) is 0 Å². The summed E-state index contributed by atoms with van der Waals surface area (Å²) in [4.78, 5) is 34.0. The summed E-state index contributed by atoms with van der Waals surface area (Å²) in [6.07, 6.45) is 0. The molecule has 1 aromatic heterocycles. The van der Waals surface area contributed by atoms with E-state index in [-0.39, 0.29) is 19.1 Å². The first-order valence-electron chi connectivity index (χ1n) is 11.8. The van der Waals surface area contributed by atoms with Crippen molar-refractivity contribution < 1.29 is 23.8 Å². The number of hydrogen-bond acceptors (Lipinski definition) is 6. The lowest BCUT2D eigenvalue weighted by atomic mass is 9.88. The third kappa shape index (κ3) is 3.94. The summed E-state index contributed by atoms with van der Waals surface area (Å²) in [7, 11) is 3.13. The maximum absolute atomic E-state index is 14.1. The highest BCUT2D eigenvalue weighted by atomic mass is 16.5. The number of benzene rings is 3. The predicted octanol–water partition coefficient (Wildman–Crippen LogP) is 4.37. The maximum atomic E-state index is 14.1. The monoisotopic (exact) mass is 485 g/mol. The molecule has 36 heavy (non-hydrogen) atoms. The number of fused-ring (bicyclic) bond motifs is 3. The van der Waals surface area contributed by atoms with Crippen LogP contribution in [0.15, 0.2) is 72.8 Å². The van der Waals surface area contributed by atoms with Crippen LogP contribution in [-0.2, 0) is 20.9 Å². The Kier molecular flexibility index (Phi) is 6.33. The van der Waals surface area contributed by atoms with E-state index in [1.54, 1.807) is 44.2 Å². The number of imidazole rings is 1. The summed E-state index contributed by atoms with van der Waals surface area (Å²) in [5.74, 6) is -0.559. The fourth-order valence-electron chi connectivity index (χ4n) is 4.81. The van der Waals surface area contributed by atoms with E-state index in [0.29, 0.717) is 23.0 Å². The Hall–Kier alpha value is -4.33. The number of methoxy groups -OCH3 is 2.